The number of carbonyl (C=O) groups excluding carboxylic acids is 1. The fourth-order valence-electron chi connectivity index (χ4n) is 2.01. The zero-order chi connectivity index (χ0) is 13.1. The molecule has 0 atom stereocenters. The first kappa shape index (κ1) is 14.2. The van der Waals surface area contributed by atoms with Crippen molar-refractivity contribution in [3.63, 3.8) is 0 Å². The number of alkyl halides is 3. The van der Waals surface area contributed by atoms with Gasteiger partial charge in [0.25, 0.3) is 0 Å². The fourth-order valence-corrected chi connectivity index (χ4v) is 2.01. The number of halogens is 3. The van der Waals surface area contributed by atoms with Crippen LogP contribution in [0.5, 0.6) is 0 Å². The Labute approximate surface area is 97.9 Å². The zero-order valence-electron chi connectivity index (χ0n) is 9.72. The van der Waals surface area contributed by atoms with Crippen LogP contribution in [-0.4, -0.2) is 50.3 Å². The summed E-state index contributed by atoms with van der Waals surface area (Å²) in [6.07, 6.45) is -3.62. The quantitative estimate of drug-likeness (QED) is 0.809. The van der Waals surface area contributed by atoms with E-state index in [0.29, 0.717) is 31.0 Å². The molecule has 0 aromatic rings. The van der Waals surface area contributed by atoms with Crippen molar-refractivity contribution in [2.75, 3.05) is 33.4 Å². The Morgan fingerprint density at radius 3 is 2.35 bits per heavy atom. The van der Waals surface area contributed by atoms with Gasteiger partial charge < -0.3 is 15.4 Å². The van der Waals surface area contributed by atoms with E-state index < -0.39 is 24.0 Å². The number of carbonyl (C=O) groups is 1. The number of ether oxygens (including phenoxy) is 1. The maximum Gasteiger partial charge on any atom is 0.406 e. The molecule has 1 heterocycles. The number of nitrogens with zero attached hydrogens (tertiary/aromatic N) is 1. The predicted octanol–water partition coefficient (Wildman–Crippen LogP) is 0.763. The third-order valence-electron chi connectivity index (χ3n) is 3.06. The van der Waals surface area contributed by atoms with E-state index in [1.54, 1.807) is 0 Å². The fraction of sp³-hybridized carbons (Fsp3) is 0.900. The molecule has 1 fully saturated rings. The van der Waals surface area contributed by atoms with E-state index in [9.17, 15) is 18.0 Å². The smallest absolute Gasteiger partial charge is 0.381 e. The zero-order valence-corrected chi connectivity index (χ0v) is 9.72. The molecule has 7 heteroatoms. The molecule has 0 aliphatic carbocycles. The Kier molecular flexibility index (Phi) is 4.37. The second kappa shape index (κ2) is 5.22. The maximum atomic E-state index is 12.2. The van der Waals surface area contributed by atoms with Gasteiger partial charge in [0.1, 0.15) is 6.54 Å². The van der Waals surface area contributed by atoms with Gasteiger partial charge in [0.05, 0.1) is 5.41 Å². The van der Waals surface area contributed by atoms with Crippen molar-refractivity contribution in [3.8, 4) is 0 Å². The van der Waals surface area contributed by atoms with Crippen LogP contribution in [0.3, 0.4) is 0 Å². The van der Waals surface area contributed by atoms with Crippen LogP contribution in [0.1, 0.15) is 12.8 Å². The van der Waals surface area contributed by atoms with Gasteiger partial charge in [0.2, 0.25) is 5.91 Å². The van der Waals surface area contributed by atoms with E-state index in [2.05, 4.69) is 0 Å². The summed E-state index contributed by atoms with van der Waals surface area (Å²) in [6.45, 7) is -0.461. The van der Waals surface area contributed by atoms with E-state index in [-0.39, 0.29) is 6.54 Å². The van der Waals surface area contributed by atoms with Gasteiger partial charge in [-0.3, -0.25) is 4.79 Å². The highest BCUT2D eigenvalue weighted by Gasteiger charge is 2.43. The summed E-state index contributed by atoms with van der Waals surface area (Å²) >= 11 is 0. The van der Waals surface area contributed by atoms with E-state index >= 15 is 0 Å². The number of hydrogen-bond acceptors (Lipinski definition) is 3. The molecule has 1 amide bonds. The summed E-state index contributed by atoms with van der Waals surface area (Å²) in [7, 11) is 1.16. The molecule has 1 rings (SSSR count). The van der Waals surface area contributed by atoms with E-state index in [4.69, 9.17) is 10.5 Å². The molecule has 1 saturated heterocycles. The molecular weight excluding hydrogens is 237 g/mol. The minimum absolute atomic E-state index is 0.0530. The highest BCUT2D eigenvalue weighted by molar-refractivity contribution is 5.83. The summed E-state index contributed by atoms with van der Waals surface area (Å²) in [4.78, 5) is 12.7. The summed E-state index contributed by atoms with van der Waals surface area (Å²) in [5.74, 6) is -0.541. The molecule has 2 N–H and O–H groups in total. The Morgan fingerprint density at radius 2 is 1.94 bits per heavy atom. The third-order valence-corrected chi connectivity index (χ3v) is 3.06. The molecule has 0 aromatic carbocycles. The molecule has 4 nitrogen and oxygen atoms in total. The topological polar surface area (TPSA) is 55.6 Å². The van der Waals surface area contributed by atoms with Crippen LogP contribution < -0.4 is 5.73 Å². The number of rotatable bonds is 3. The van der Waals surface area contributed by atoms with Crippen LogP contribution in [0.25, 0.3) is 0 Å². The van der Waals surface area contributed by atoms with E-state index in [1.807, 2.05) is 0 Å². The lowest BCUT2D eigenvalue weighted by molar-refractivity contribution is -0.168. The standard InChI is InChI=1S/C10H17F3N2O2/c1-15(7-10(11,12)13)8(16)9(6-14)2-4-17-5-3-9/h2-7,14H2,1H3. The summed E-state index contributed by atoms with van der Waals surface area (Å²) in [5, 5.41) is 0. The summed E-state index contributed by atoms with van der Waals surface area (Å²) in [6, 6.07) is 0. The first-order chi connectivity index (χ1) is 7.81. The minimum atomic E-state index is -4.38. The Balaban J connectivity index is 2.71. The first-order valence-corrected chi connectivity index (χ1v) is 5.41. The minimum Gasteiger partial charge on any atom is -0.381 e. The predicted molar refractivity (Wildman–Crippen MR) is 55.2 cm³/mol. The highest BCUT2D eigenvalue weighted by atomic mass is 19.4. The average molecular weight is 254 g/mol. The molecule has 0 saturated carbocycles. The number of nitrogens with two attached hydrogens (primary N) is 1. The molecule has 0 radical (unpaired) electrons. The van der Waals surface area contributed by atoms with Gasteiger partial charge in [-0.2, -0.15) is 13.2 Å². The van der Waals surface area contributed by atoms with Crippen LogP contribution in [0.2, 0.25) is 0 Å². The van der Waals surface area contributed by atoms with Crippen LogP contribution in [-0.2, 0) is 9.53 Å². The van der Waals surface area contributed by atoms with Crippen LogP contribution in [0.4, 0.5) is 13.2 Å². The molecular formula is C10H17F3N2O2. The Morgan fingerprint density at radius 1 is 1.41 bits per heavy atom. The van der Waals surface area contributed by atoms with Gasteiger partial charge in [-0.15, -0.1) is 0 Å². The van der Waals surface area contributed by atoms with Gasteiger partial charge in [-0.25, -0.2) is 0 Å². The van der Waals surface area contributed by atoms with Crippen molar-refractivity contribution in [1.82, 2.24) is 4.90 Å². The molecule has 0 aromatic heterocycles. The highest BCUT2D eigenvalue weighted by Crippen LogP contribution is 2.32. The molecule has 1 aliphatic rings. The van der Waals surface area contributed by atoms with Crippen molar-refractivity contribution < 1.29 is 22.7 Å². The summed E-state index contributed by atoms with van der Waals surface area (Å²) < 4.78 is 41.7. The lowest BCUT2D eigenvalue weighted by atomic mass is 9.79. The van der Waals surface area contributed by atoms with Crippen LogP contribution >= 0.6 is 0 Å². The van der Waals surface area contributed by atoms with Gasteiger partial charge in [-0.05, 0) is 12.8 Å². The maximum absolute atomic E-state index is 12.2. The second-order valence-electron chi connectivity index (χ2n) is 4.37. The van der Waals surface area contributed by atoms with Crippen molar-refractivity contribution in [1.29, 1.82) is 0 Å². The van der Waals surface area contributed by atoms with Crippen molar-refractivity contribution >= 4 is 5.91 Å². The largest absolute Gasteiger partial charge is 0.406 e. The number of amides is 1. The van der Waals surface area contributed by atoms with E-state index in [1.165, 1.54) is 0 Å². The normalized spacial score (nSPS) is 20.1. The Hall–Kier alpha value is -0.820. The second-order valence-corrected chi connectivity index (χ2v) is 4.37. The van der Waals surface area contributed by atoms with Gasteiger partial charge in [0, 0.05) is 26.8 Å². The molecule has 100 valence electrons. The first-order valence-electron chi connectivity index (χ1n) is 5.41. The average Bonchev–Trinajstić information content (AvgIpc) is 2.26. The third kappa shape index (κ3) is 3.57. The van der Waals surface area contributed by atoms with Gasteiger partial charge >= 0.3 is 6.18 Å². The number of hydrogen-bond donors (Lipinski definition) is 1. The van der Waals surface area contributed by atoms with Crippen LogP contribution in [0, 0.1) is 5.41 Å². The van der Waals surface area contributed by atoms with Crippen molar-refractivity contribution in [2.45, 2.75) is 19.0 Å². The summed E-state index contributed by atoms with van der Waals surface area (Å²) in [5.41, 5.74) is 4.67. The molecule has 0 spiro atoms. The van der Waals surface area contributed by atoms with Crippen molar-refractivity contribution in [2.24, 2.45) is 11.1 Å². The van der Waals surface area contributed by atoms with Crippen molar-refractivity contribution in [3.05, 3.63) is 0 Å². The van der Waals surface area contributed by atoms with E-state index in [0.717, 1.165) is 7.05 Å². The SMILES string of the molecule is CN(CC(F)(F)F)C(=O)C1(CN)CCOCC1. The Bertz CT molecular complexity index is 275. The monoisotopic (exact) mass is 254 g/mol. The van der Waals surface area contributed by atoms with Gasteiger partial charge in [-0.1, -0.05) is 0 Å². The van der Waals surface area contributed by atoms with Crippen LogP contribution in [0.15, 0.2) is 0 Å². The lowest BCUT2D eigenvalue weighted by Crippen LogP contribution is -2.51. The lowest BCUT2D eigenvalue weighted by Gasteiger charge is -2.37. The van der Waals surface area contributed by atoms with Gasteiger partial charge in [0.15, 0.2) is 0 Å². The molecule has 0 bridgehead atoms. The molecule has 17 heavy (non-hydrogen) atoms. The molecule has 0 unspecified atom stereocenters. The molecule has 1 aliphatic heterocycles.